The second-order valence-corrected chi connectivity index (χ2v) is 8.87. The molecule has 1 aliphatic rings. The minimum absolute atomic E-state index is 0.419. The normalized spacial score (nSPS) is 15.5. The van der Waals surface area contributed by atoms with E-state index in [9.17, 15) is 5.11 Å². The molecule has 0 amide bonds. The third-order valence-corrected chi connectivity index (χ3v) is 6.77. The van der Waals surface area contributed by atoms with Crippen molar-refractivity contribution in [3.05, 3.63) is 66.0 Å². The summed E-state index contributed by atoms with van der Waals surface area (Å²) in [4.78, 5) is 0. The van der Waals surface area contributed by atoms with Crippen LogP contribution in [0.15, 0.2) is 59.8 Å². The number of thioether (sulfide) groups is 1. The first-order valence-corrected chi connectivity index (χ1v) is 11.9. The molecular weight excluding hydrogens is 408 g/mol. The molecule has 1 atom stereocenters. The summed E-state index contributed by atoms with van der Waals surface area (Å²) in [5.74, 6) is 2.31. The summed E-state index contributed by atoms with van der Waals surface area (Å²) in [6, 6.07) is 18.1. The van der Waals surface area contributed by atoms with Crippen molar-refractivity contribution in [2.45, 2.75) is 56.0 Å². The van der Waals surface area contributed by atoms with Crippen molar-refractivity contribution in [2.75, 3.05) is 18.2 Å². The van der Waals surface area contributed by atoms with Gasteiger partial charge >= 0.3 is 0 Å². The fraction of sp³-hybridized carbons (Fsp3) is 0.417. The first-order chi connectivity index (χ1) is 15.2. The van der Waals surface area contributed by atoms with Crippen molar-refractivity contribution < 1.29 is 9.84 Å². The van der Waals surface area contributed by atoms with Crippen LogP contribution in [0.5, 0.6) is 5.75 Å². The van der Waals surface area contributed by atoms with Crippen LogP contribution in [0.25, 0.3) is 0 Å². The predicted octanol–water partition coefficient (Wildman–Crippen LogP) is 5.23. The number of ether oxygens (including phenoxy) is 1. The van der Waals surface area contributed by atoms with Gasteiger partial charge in [-0.05, 0) is 30.5 Å². The van der Waals surface area contributed by atoms with E-state index in [1.54, 1.807) is 18.9 Å². The second-order valence-electron chi connectivity index (χ2n) is 7.88. The van der Waals surface area contributed by atoms with Crippen molar-refractivity contribution in [1.29, 1.82) is 0 Å². The fourth-order valence-electron chi connectivity index (χ4n) is 4.07. The standard InChI is InChI=1S/C24H30N4O2S/c1-30-21-14-8-11-19(15-21)25-16-23-26-27-24(28(23)20-12-6-3-7-13-20)31-17-22(29)18-9-4-2-5-10-18/h2,4-5,8-11,14-15,20,22,25,29H,3,6-7,12-13,16-17H2,1H3/t22-/m1/s1. The molecule has 0 unspecified atom stereocenters. The lowest BCUT2D eigenvalue weighted by molar-refractivity contribution is 0.204. The van der Waals surface area contributed by atoms with Crippen LogP contribution in [0.4, 0.5) is 5.69 Å². The minimum atomic E-state index is -0.527. The van der Waals surface area contributed by atoms with Crippen molar-refractivity contribution in [2.24, 2.45) is 0 Å². The van der Waals surface area contributed by atoms with Crippen molar-refractivity contribution in [3.63, 3.8) is 0 Å². The summed E-state index contributed by atoms with van der Waals surface area (Å²) in [5.41, 5.74) is 1.92. The van der Waals surface area contributed by atoms with Gasteiger partial charge in [-0.2, -0.15) is 0 Å². The van der Waals surface area contributed by atoms with Crippen LogP contribution < -0.4 is 10.1 Å². The van der Waals surface area contributed by atoms with Gasteiger partial charge in [0.25, 0.3) is 0 Å². The van der Waals surface area contributed by atoms with Crippen LogP contribution in [0, 0.1) is 0 Å². The zero-order valence-electron chi connectivity index (χ0n) is 17.9. The van der Waals surface area contributed by atoms with Crippen molar-refractivity contribution in [3.8, 4) is 5.75 Å². The largest absolute Gasteiger partial charge is 0.497 e. The Morgan fingerprint density at radius 1 is 1.10 bits per heavy atom. The Morgan fingerprint density at radius 3 is 2.68 bits per heavy atom. The molecule has 1 aliphatic carbocycles. The van der Waals surface area contributed by atoms with Gasteiger partial charge in [0, 0.05) is 23.5 Å². The molecule has 7 heteroatoms. The molecule has 4 rings (SSSR count). The number of benzene rings is 2. The molecule has 3 aromatic rings. The van der Waals surface area contributed by atoms with Gasteiger partial charge in [-0.3, -0.25) is 0 Å². The zero-order valence-corrected chi connectivity index (χ0v) is 18.7. The molecular formula is C24H30N4O2S. The summed E-state index contributed by atoms with van der Waals surface area (Å²) >= 11 is 1.58. The number of methoxy groups -OCH3 is 1. The van der Waals surface area contributed by atoms with Crippen molar-refractivity contribution in [1.82, 2.24) is 14.8 Å². The Hall–Kier alpha value is -2.51. The molecule has 0 saturated heterocycles. The quantitative estimate of drug-likeness (QED) is 0.446. The van der Waals surface area contributed by atoms with Gasteiger partial charge in [0.05, 0.1) is 19.8 Å². The lowest BCUT2D eigenvalue weighted by Gasteiger charge is -2.26. The molecule has 0 aliphatic heterocycles. The Bertz CT molecular complexity index is 957. The first-order valence-electron chi connectivity index (χ1n) is 10.9. The number of aromatic nitrogens is 3. The highest BCUT2D eigenvalue weighted by Crippen LogP contribution is 2.34. The van der Waals surface area contributed by atoms with Crippen LogP contribution in [-0.4, -0.2) is 32.7 Å². The van der Waals surface area contributed by atoms with Gasteiger partial charge < -0.3 is 19.7 Å². The number of hydrogen-bond acceptors (Lipinski definition) is 6. The number of nitrogens with zero attached hydrogens (tertiary/aromatic N) is 3. The third kappa shape index (κ3) is 5.60. The summed E-state index contributed by atoms with van der Waals surface area (Å²) in [6.45, 7) is 0.596. The van der Waals surface area contributed by atoms with Gasteiger partial charge in [0.15, 0.2) is 11.0 Å². The third-order valence-electron chi connectivity index (χ3n) is 5.75. The highest BCUT2D eigenvalue weighted by Gasteiger charge is 2.23. The number of aliphatic hydroxyl groups is 1. The Labute approximate surface area is 188 Å². The molecule has 0 bridgehead atoms. The molecule has 2 N–H and O–H groups in total. The molecule has 31 heavy (non-hydrogen) atoms. The van der Waals surface area contributed by atoms with Crippen LogP contribution in [0.2, 0.25) is 0 Å². The van der Waals surface area contributed by atoms with Gasteiger partial charge in [0.2, 0.25) is 0 Å². The molecule has 164 valence electrons. The van der Waals surface area contributed by atoms with Crippen LogP contribution in [0.3, 0.4) is 0 Å². The van der Waals surface area contributed by atoms with E-state index in [2.05, 4.69) is 20.1 Å². The monoisotopic (exact) mass is 438 g/mol. The van der Waals surface area contributed by atoms with E-state index in [4.69, 9.17) is 4.74 Å². The van der Waals surface area contributed by atoms with Gasteiger partial charge in [0.1, 0.15) is 5.75 Å². The average Bonchev–Trinajstić information content (AvgIpc) is 3.25. The lowest BCUT2D eigenvalue weighted by atomic mass is 9.95. The molecule has 0 radical (unpaired) electrons. The molecule has 1 aromatic heterocycles. The molecule has 2 aromatic carbocycles. The molecule has 1 saturated carbocycles. The first kappa shape index (κ1) is 21.7. The zero-order chi connectivity index (χ0) is 21.5. The van der Waals surface area contributed by atoms with E-state index < -0.39 is 6.10 Å². The summed E-state index contributed by atoms with van der Waals surface area (Å²) in [6.07, 6.45) is 5.55. The van der Waals surface area contributed by atoms with E-state index in [0.29, 0.717) is 18.3 Å². The maximum absolute atomic E-state index is 10.6. The smallest absolute Gasteiger partial charge is 0.191 e. The van der Waals surface area contributed by atoms with E-state index >= 15 is 0 Å². The fourth-order valence-corrected chi connectivity index (χ4v) is 5.06. The molecule has 1 heterocycles. The van der Waals surface area contributed by atoms with Gasteiger partial charge in [-0.25, -0.2) is 0 Å². The summed E-state index contributed by atoms with van der Waals surface area (Å²) in [5, 5.41) is 24.0. The number of hydrogen-bond donors (Lipinski definition) is 2. The van der Waals surface area contributed by atoms with Crippen molar-refractivity contribution >= 4 is 17.4 Å². The maximum Gasteiger partial charge on any atom is 0.191 e. The maximum atomic E-state index is 10.6. The number of nitrogens with one attached hydrogen (secondary N) is 1. The predicted molar refractivity (Wildman–Crippen MR) is 125 cm³/mol. The second kappa shape index (κ2) is 10.7. The van der Waals surface area contributed by atoms with Gasteiger partial charge in [-0.1, -0.05) is 67.4 Å². The average molecular weight is 439 g/mol. The van der Waals surface area contributed by atoms with E-state index in [0.717, 1.165) is 40.8 Å². The molecule has 1 fully saturated rings. The molecule has 6 nitrogen and oxygen atoms in total. The van der Waals surface area contributed by atoms with Crippen LogP contribution in [0.1, 0.15) is 55.6 Å². The highest BCUT2D eigenvalue weighted by atomic mass is 32.2. The number of anilines is 1. The highest BCUT2D eigenvalue weighted by molar-refractivity contribution is 7.99. The number of aliphatic hydroxyl groups excluding tert-OH is 1. The SMILES string of the molecule is COc1cccc(NCc2nnc(SC[C@@H](O)c3ccccc3)n2C2CCCCC2)c1. The summed E-state index contributed by atoms with van der Waals surface area (Å²) in [7, 11) is 1.67. The number of rotatable bonds is 9. The molecule has 0 spiro atoms. The Kier molecular flexibility index (Phi) is 7.48. The van der Waals surface area contributed by atoms with E-state index in [1.807, 2.05) is 54.6 Å². The Balaban J connectivity index is 1.49. The van der Waals surface area contributed by atoms with Gasteiger partial charge in [-0.15, -0.1) is 10.2 Å². The van der Waals surface area contributed by atoms with Crippen LogP contribution in [-0.2, 0) is 6.54 Å². The lowest BCUT2D eigenvalue weighted by Crippen LogP contribution is -2.18. The minimum Gasteiger partial charge on any atom is -0.497 e. The summed E-state index contributed by atoms with van der Waals surface area (Å²) < 4.78 is 7.62. The Morgan fingerprint density at radius 2 is 1.90 bits per heavy atom. The van der Waals surface area contributed by atoms with E-state index in [-0.39, 0.29) is 0 Å². The van der Waals surface area contributed by atoms with Crippen LogP contribution >= 0.6 is 11.8 Å². The topological polar surface area (TPSA) is 72.2 Å². The van der Waals surface area contributed by atoms with E-state index in [1.165, 1.54) is 19.3 Å².